The minimum absolute atomic E-state index is 0.0996. The van der Waals surface area contributed by atoms with E-state index < -0.39 is 5.82 Å². The number of hydrogen-bond acceptors (Lipinski definition) is 6. The Labute approximate surface area is 160 Å². The molecule has 0 bridgehead atoms. The van der Waals surface area contributed by atoms with E-state index in [9.17, 15) is 9.18 Å². The predicted molar refractivity (Wildman–Crippen MR) is 99.9 cm³/mol. The zero-order valence-electron chi connectivity index (χ0n) is 15.2. The average molecular weight is 382 g/mol. The number of likely N-dealkylation sites (N-methyl/N-ethyl adjacent to an activating group) is 1. The predicted octanol–water partition coefficient (Wildman–Crippen LogP) is 2.84. The average Bonchev–Trinajstić information content (AvgIpc) is 3.29. The summed E-state index contributed by atoms with van der Waals surface area (Å²) >= 11 is 0. The molecule has 0 aliphatic carbocycles. The SMILES string of the molecule is CN1C[C@@H](NC(=O)Nc2cccc(F)c2)C[C@H]1c1nc(-c2cccnc2)no1. The number of hydrogen-bond donors (Lipinski definition) is 2. The number of pyridine rings is 1. The third-order valence-corrected chi connectivity index (χ3v) is 4.61. The molecule has 0 spiro atoms. The highest BCUT2D eigenvalue weighted by Gasteiger charge is 2.35. The number of anilines is 1. The number of aromatic nitrogens is 3. The van der Waals surface area contributed by atoms with Crippen LogP contribution in [0, 0.1) is 5.82 Å². The minimum Gasteiger partial charge on any atom is -0.337 e. The summed E-state index contributed by atoms with van der Waals surface area (Å²) in [6.07, 6.45) is 3.98. The van der Waals surface area contributed by atoms with E-state index in [0.717, 1.165) is 5.56 Å². The van der Waals surface area contributed by atoms with Gasteiger partial charge in [-0.3, -0.25) is 9.88 Å². The number of rotatable bonds is 4. The molecular formula is C19H19FN6O2. The Bertz CT molecular complexity index is 964. The topological polar surface area (TPSA) is 96.2 Å². The Kier molecular flexibility index (Phi) is 4.98. The zero-order valence-corrected chi connectivity index (χ0v) is 15.2. The Morgan fingerprint density at radius 3 is 3.00 bits per heavy atom. The molecule has 2 N–H and O–H groups in total. The van der Waals surface area contributed by atoms with Crippen molar-refractivity contribution in [3.63, 3.8) is 0 Å². The molecule has 144 valence electrons. The molecule has 3 aromatic rings. The fourth-order valence-electron chi connectivity index (χ4n) is 3.29. The molecule has 1 aliphatic heterocycles. The van der Waals surface area contributed by atoms with E-state index in [1.54, 1.807) is 24.5 Å². The van der Waals surface area contributed by atoms with Crippen molar-refractivity contribution in [2.45, 2.75) is 18.5 Å². The summed E-state index contributed by atoms with van der Waals surface area (Å²) in [7, 11) is 1.94. The highest BCUT2D eigenvalue weighted by Crippen LogP contribution is 2.30. The van der Waals surface area contributed by atoms with Gasteiger partial charge in [-0.2, -0.15) is 4.98 Å². The van der Waals surface area contributed by atoms with Crippen LogP contribution in [0.4, 0.5) is 14.9 Å². The van der Waals surface area contributed by atoms with Crippen LogP contribution in [0.15, 0.2) is 53.3 Å². The molecule has 1 fully saturated rings. The number of likely N-dealkylation sites (tertiary alicyclic amines) is 1. The van der Waals surface area contributed by atoms with Gasteiger partial charge >= 0.3 is 6.03 Å². The van der Waals surface area contributed by atoms with Crippen LogP contribution < -0.4 is 10.6 Å². The zero-order chi connectivity index (χ0) is 19.5. The van der Waals surface area contributed by atoms with Crippen LogP contribution in [0.5, 0.6) is 0 Å². The van der Waals surface area contributed by atoms with Crippen LogP contribution in [-0.2, 0) is 0 Å². The molecule has 3 heterocycles. The van der Waals surface area contributed by atoms with E-state index in [1.165, 1.54) is 12.1 Å². The van der Waals surface area contributed by atoms with Crippen molar-refractivity contribution in [3.05, 3.63) is 60.5 Å². The first kappa shape index (κ1) is 18.1. The van der Waals surface area contributed by atoms with E-state index in [1.807, 2.05) is 24.1 Å². The largest absolute Gasteiger partial charge is 0.337 e. The van der Waals surface area contributed by atoms with Crippen molar-refractivity contribution in [2.75, 3.05) is 18.9 Å². The molecule has 0 radical (unpaired) electrons. The van der Waals surface area contributed by atoms with Gasteiger partial charge in [0.25, 0.3) is 0 Å². The third-order valence-electron chi connectivity index (χ3n) is 4.61. The van der Waals surface area contributed by atoms with Gasteiger partial charge in [-0.15, -0.1) is 0 Å². The lowest BCUT2D eigenvalue weighted by Gasteiger charge is -2.14. The Morgan fingerprint density at radius 1 is 1.32 bits per heavy atom. The fourth-order valence-corrected chi connectivity index (χ4v) is 3.29. The van der Waals surface area contributed by atoms with E-state index in [4.69, 9.17) is 4.52 Å². The third kappa shape index (κ3) is 3.99. The van der Waals surface area contributed by atoms with Gasteiger partial charge in [0, 0.05) is 36.2 Å². The Balaban J connectivity index is 1.38. The standard InChI is InChI=1S/C19H19FN6O2/c1-26-11-15(23-19(27)22-14-6-2-5-13(20)8-14)9-16(26)18-24-17(25-28-18)12-4-3-7-21-10-12/h2-8,10,15-16H,9,11H2,1H3,(H2,22,23,27)/t15-,16-/m0/s1. The monoisotopic (exact) mass is 382 g/mol. The summed E-state index contributed by atoms with van der Waals surface area (Å²) in [5.74, 6) is 0.576. The molecular weight excluding hydrogens is 363 g/mol. The molecule has 0 unspecified atom stereocenters. The molecule has 4 rings (SSSR count). The number of nitrogens with zero attached hydrogens (tertiary/aromatic N) is 4. The van der Waals surface area contributed by atoms with Crippen LogP contribution >= 0.6 is 0 Å². The van der Waals surface area contributed by atoms with E-state index >= 15 is 0 Å². The molecule has 28 heavy (non-hydrogen) atoms. The van der Waals surface area contributed by atoms with Crippen molar-refractivity contribution in [1.82, 2.24) is 25.3 Å². The summed E-state index contributed by atoms with van der Waals surface area (Å²) in [6, 6.07) is 8.85. The number of halogens is 1. The summed E-state index contributed by atoms with van der Waals surface area (Å²) < 4.78 is 18.7. The molecule has 1 aromatic carbocycles. The van der Waals surface area contributed by atoms with Gasteiger partial charge in [0.05, 0.1) is 6.04 Å². The lowest BCUT2D eigenvalue weighted by Crippen LogP contribution is -2.39. The minimum atomic E-state index is -0.403. The fraction of sp³-hybridized carbons (Fsp3) is 0.263. The van der Waals surface area contributed by atoms with E-state index in [2.05, 4.69) is 25.8 Å². The highest BCUT2D eigenvalue weighted by atomic mass is 19.1. The number of urea groups is 1. The molecule has 9 heteroatoms. The van der Waals surface area contributed by atoms with Crippen molar-refractivity contribution >= 4 is 11.7 Å². The number of nitrogens with one attached hydrogen (secondary N) is 2. The lowest BCUT2D eigenvalue weighted by molar-refractivity contribution is 0.243. The summed E-state index contributed by atoms with van der Waals surface area (Å²) in [6.45, 7) is 0.631. The van der Waals surface area contributed by atoms with Gasteiger partial charge in [-0.05, 0) is 43.8 Å². The number of carbonyl (C=O) groups excluding carboxylic acids is 1. The van der Waals surface area contributed by atoms with E-state index in [0.29, 0.717) is 30.4 Å². The van der Waals surface area contributed by atoms with Crippen LogP contribution in [0.25, 0.3) is 11.4 Å². The first-order valence-electron chi connectivity index (χ1n) is 8.86. The smallest absolute Gasteiger partial charge is 0.319 e. The summed E-state index contributed by atoms with van der Waals surface area (Å²) in [4.78, 5) is 22.8. The molecule has 1 aliphatic rings. The Morgan fingerprint density at radius 2 is 2.21 bits per heavy atom. The van der Waals surface area contributed by atoms with Crippen molar-refractivity contribution in [1.29, 1.82) is 0 Å². The van der Waals surface area contributed by atoms with Gasteiger partial charge in [0.2, 0.25) is 11.7 Å². The Hall–Kier alpha value is -3.33. The molecule has 0 saturated carbocycles. The summed E-state index contributed by atoms with van der Waals surface area (Å²) in [5.41, 5.74) is 1.18. The second-order valence-electron chi connectivity index (χ2n) is 6.69. The maximum atomic E-state index is 13.2. The quantitative estimate of drug-likeness (QED) is 0.720. The maximum absolute atomic E-state index is 13.2. The second kappa shape index (κ2) is 7.73. The molecule has 2 atom stereocenters. The van der Waals surface area contributed by atoms with Gasteiger partial charge in [0.1, 0.15) is 5.82 Å². The number of amides is 2. The first-order chi connectivity index (χ1) is 13.6. The van der Waals surface area contributed by atoms with Crippen LogP contribution in [0.3, 0.4) is 0 Å². The maximum Gasteiger partial charge on any atom is 0.319 e. The van der Waals surface area contributed by atoms with E-state index in [-0.39, 0.29) is 18.1 Å². The summed E-state index contributed by atoms with van der Waals surface area (Å²) in [5, 5.41) is 9.57. The van der Waals surface area contributed by atoms with Crippen LogP contribution in [0.1, 0.15) is 18.4 Å². The number of carbonyl (C=O) groups is 1. The second-order valence-corrected chi connectivity index (χ2v) is 6.69. The van der Waals surface area contributed by atoms with Crippen molar-refractivity contribution < 1.29 is 13.7 Å². The van der Waals surface area contributed by atoms with Crippen molar-refractivity contribution in [3.8, 4) is 11.4 Å². The number of benzene rings is 1. The van der Waals surface area contributed by atoms with Gasteiger partial charge < -0.3 is 15.2 Å². The first-order valence-corrected chi connectivity index (χ1v) is 8.86. The normalized spacial score (nSPS) is 19.5. The van der Waals surface area contributed by atoms with Crippen LogP contribution in [0.2, 0.25) is 0 Å². The van der Waals surface area contributed by atoms with Crippen LogP contribution in [-0.4, -0.2) is 45.7 Å². The van der Waals surface area contributed by atoms with Gasteiger partial charge in [-0.25, -0.2) is 9.18 Å². The van der Waals surface area contributed by atoms with Gasteiger partial charge in [-0.1, -0.05) is 11.2 Å². The molecule has 2 aromatic heterocycles. The van der Waals surface area contributed by atoms with Crippen molar-refractivity contribution in [2.24, 2.45) is 0 Å². The molecule has 8 nitrogen and oxygen atoms in total. The van der Waals surface area contributed by atoms with Gasteiger partial charge in [0.15, 0.2) is 0 Å². The highest BCUT2D eigenvalue weighted by molar-refractivity contribution is 5.89. The molecule has 2 amide bonds. The lowest BCUT2D eigenvalue weighted by atomic mass is 10.1. The molecule has 1 saturated heterocycles.